The van der Waals surface area contributed by atoms with Gasteiger partial charge in [0.25, 0.3) is 0 Å². The van der Waals surface area contributed by atoms with E-state index in [1.54, 1.807) is 13.8 Å². The van der Waals surface area contributed by atoms with Crippen LogP contribution in [0.2, 0.25) is 0 Å². The molecule has 0 aromatic rings. The summed E-state index contributed by atoms with van der Waals surface area (Å²) in [6.07, 6.45) is 0.955. The zero-order valence-electron chi connectivity index (χ0n) is 6.77. The molecule has 0 fully saturated rings. The minimum Gasteiger partial charge on any atom is -0.480 e. The van der Waals surface area contributed by atoms with Gasteiger partial charge in [-0.1, -0.05) is 6.92 Å². The summed E-state index contributed by atoms with van der Waals surface area (Å²) in [5.41, 5.74) is -0.782. The number of aliphatic carboxylic acids is 1. The summed E-state index contributed by atoms with van der Waals surface area (Å²) in [5, 5.41) is 11.5. The Bertz CT molecular complexity index is 121. The SMILES string of the molecule is CCCNC(C)(C)C(=O)O. The van der Waals surface area contributed by atoms with Crippen molar-refractivity contribution in [2.45, 2.75) is 32.7 Å². The van der Waals surface area contributed by atoms with Gasteiger partial charge in [-0.2, -0.15) is 0 Å². The maximum atomic E-state index is 10.5. The fourth-order valence-electron chi connectivity index (χ4n) is 0.513. The molecule has 0 radical (unpaired) electrons. The number of carboxylic acid groups (broad SMARTS) is 1. The second-order valence-electron chi connectivity index (χ2n) is 2.86. The Morgan fingerprint density at radius 3 is 2.40 bits per heavy atom. The number of hydrogen-bond donors (Lipinski definition) is 2. The van der Waals surface area contributed by atoms with Crippen LogP contribution in [0, 0.1) is 0 Å². The predicted molar refractivity (Wildman–Crippen MR) is 40.0 cm³/mol. The van der Waals surface area contributed by atoms with Gasteiger partial charge in [0.2, 0.25) is 0 Å². The van der Waals surface area contributed by atoms with Crippen molar-refractivity contribution in [1.29, 1.82) is 0 Å². The van der Waals surface area contributed by atoms with Crippen molar-refractivity contribution in [2.75, 3.05) is 6.54 Å². The molecule has 0 aliphatic rings. The van der Waals surface area contributed by atoms with E-state index in [4.69, 9.17) is 5.11 Å². The van der Waals surface area contributed by atoms with E-state index in [-0.39, 0.29) is 0 Å². The van der Waals surface area contributed by atoms with E-state index in [1.165, 1.54) is 0 Å². The number of hydrogen-bond acceptors (Lipinski definition) is 2. The summed E-state index contributed by atoms with van der Waals surface area (Å²) < 4.78 is 0. The molecular weight excluding hydrogens is 130 g/mol. The fraction of sp³-hybridized carbons (Fsp3) is 0.857. The number of nitrogens with one attached hydrogen (secondary N) is 1. The van der Waals surface area contributed by atoms with Gasteiger partial charge in [0.05, 0.1) is 0 Å². The lowest BCUT2D eigenvalue weighted by Gasteiger charge is -2.20. The first-order chi connectivity index (χ1) is 4.50. The fourth-order valence-corrected chi connectivity index (χ4v) is 0.513. The normalized spacial score (nSPS) is 11.5. The van der Waals surface area contributed by atoms with E-state index < -0.39 is 11.5 Å². The minimum atomic E-state index is -0.805. The summed E-state index contributed by atoms with van der Waals surface area (Å²) in [6.45, 7) is 6.07. The average Bonchev–Trinajstić information content (AvgIpc) is 1.84. The highest BCUT2D eigenvalue weighted by Crippen LogP contribution is 2.00. The lowest BCUT2D eigenvalue weighted by Crippen LogP contribution is -2.46. The van der Waals surface area contributed by atoms with Gasteiger partial charge in [0, 0.05) is 0 Å². The average molecular weight is 145 g/mol. The van der Waals surface area contributed by atoms with Gasteiger partial charge in [-0.3, -0.25) is 4.79 Å². The molecule has 0 aromatic carbocycles. The number of carbonyl (C=O) groups is 1. The Hall–Kier alpha value is -0.570. The number of rotatable bonds is 4. The van der Waals surface area contributed by atoms with E-state index in [1.807, 2.05) is 6.92 Å². The minimum absolute atomic E-state index is 0.749. The standard InChI is InChI=1S/C7H15NO2/c1-4-5-8-7(2,3)6(9)10/h8H,4-5H2,1-3H3,(H,9,10). The summed E-state index contributed by atoms with van der Waals surface area (Å²) >= 11 is 0. The third-order valence-corrected chi connectivity index (χ3v) is 1.35. The summed E-state index contributed by atoms with van der Waals surface area (Å²) in [7, 11) is 0. The van der Waals surface area contributed by atoms with Gasteiger partial charge < -0.3 is 10.4 Å². The molecule has 10 heavy (non-hydrogen) atoms. The van der Waals surface area contributed by atoms with E-state index in [2.05, 4.69) is 5.32 Å². The molecule has 60 valence electrons. The van der Waals surface area contributed by atoms with Crippen molar-refractivity contribution in [3.63, 3.8) is 0 Å². The van der Waals surface area contributed by atoms with Crippen molar-refractivity contribution in [3.05, 3.63) is 0 Å². The summed E-state index contributed by atoms with van der Waals surface area (Å²) in [6, 6.07) is 0. The molecule has 0 saturated carbocycles. The number of carboxylic acids is 1. The van der Waals surface area contributed by atoms with Gasteiger partial charge in [-0.25, -0.2) is 0 Å². The van der Waals surface area contributed by atoms with Gasteiger partial charge in [0.15, 0.2) is 0 Å². The first kappa shape index (κ1) is 9.43. The maximum Gasteiger partial charge on any atom is 0.323 e. The van der Waals surface area contributed by atoms with Gasteiger partial charge in [-0.15, -0.1) is 0 Å². The molecule has 0 amide bonds. The van der Waals surface area contributed by atoms with Crippen molar-refractivity contribution >= 4 is 5.97 Å². The highest BCUT2D eigenvalue weighted by molar-refractivity contribution is 5.77. The van der Waals surface area contributed by atoms with E-state index in [9.17, 15) is 4.79 Å². The van der Waals surface area contributed by atoms with Crippen molar-refractivity contribution in [2.24, 2.45) is 0 Å². The molecule has 0 rings (SSSR count). The molecule has 0 unspecified atom stereocenters. The molecule has 0 saturated heterocycles. The van der Waals surface area contributed by atoms with Crippen LogP contribution < -0.4 is 5.32 Å². The zero-order valence-corrected chi connectivity index (χ0v) is 6.77. The van der Waals surface area contributed by atoms with E-state index >= 15 is 0 Å². The molecule has 3 heteroatoms. The first-order valence-electron chi connectivity index (χ1n) is 3.49. The third-order valence-electron chi connectivity index (χ3n) is 1.35. The Morgan fingerprint density at radius 1 is 1.60 bits per heavy atom. The third kappa shape index (κ3) is 2.82. The van der Waals surface area contributed by atoms with Crippen LogP contribution in [0.4, 0.5) is 0 Å². The highest BCUT2D eigenvalue weighted by Gasteiger charge is 2.24. The quantitative estimate of drug-likeness (QED) is 0.616. The molecule has 3 nitrogen and oxygen atoms in total. The van der Waals surface area contributed by atoms with Gasteiger partial charge in [-0.05, 0) is 26.8 Å². The van der Waals surface area contributed by atoms with Crippen LogP contribution in [0.1, 0.15) is 27.2 Å². The van der Waals surface area contributed by atoms with Crippen molar-refractivity contribution in [1.82, 2.24) is 5.32 Å². The van der Waals surface area contributed by atoms with Gasteiger partial charge in [0.1, 0.15) is 5.54 Å². The van der Waals surface area contributed by atoms with Crippen LogP contribution in [-0.2, 0) is 4.79 Å². The molecule has 0 heterocycles. The Morgan fingerprint density at radius 2 is 2.10 bits per heavy atom. The predicted octanol–water partition coefficient (Wildman–Crippen LogP) is 0.849. The molecular formula is C7H15NO2. The summed E-state index contributed by atoms with van der Waals surface area (Å²) in [5.74, 6) is -0.805. The Balaban J connectivity index is 3.75. The summed E-state index contributed by atoms with van der Waals surface area (Å²) in [4.78, 5) is 10.5. The van der Waals surface area contributed by atoms with Crippen LogP contribution >= 0.6 is 0 Å². The molecule has 0 aromatic heterocycles. The van der Waals surface area contributed by atoms with E-state index in [0.29, 0.717) is 0 Å². The topological polar surface area (TPSA) is 49.3 Å². The first-order valence-corrected chi connectivity index (χ1v) is 3.49. The van der Waals surface area contributed by atoms with Gasteiger partial charge >= 0.3 is 5.97 Å². The molecule has 0 atom stereocenters. The smallest absolute Gasteiger partial charge is 0.323 e. The maximum absolute atomic E-state index is 10.5. The lowest BCUT2D eigenvalue weighted by molar-refractivity contribution is -0.143. The Labute approximate surface area is 61.4 Å². The molecule has 0 aliphatic carbocycles. The van der Waals surface area contributed by atoms with Crippen LogP contribution in [0.5, 0.6) is 0 Å². The second kappa shape index (κ2) is 3.56. The van der Waals surface area contributed by atoms with Crippen molar-refractivity contribution < 1.29 is 9.90 Å². The van der Waals surface area contributed by atoms with Crippen LogP contribution in [0.15, 0.2) is 0 Å². The van der Waals surface area contributed by atoms with E-state index in [0.717, 1.165) is 13.0 Å². The highest BCUT2D eigenvalue weighted by atomic mass is 16.4. The van der Waals surface area contributed by atoms with Crippen LogP contribution in [0.25, 0.3) is 0 Å². The Kier molecular flexibility index (Phi) is 3.36. The van der Waals surface area contributed by atoms with Crippen LogP contribution in [0.3, 0.4) is 0 Å². The molecule has 2 N–H and O–H groups in total. The molecule has 0 aliphatic heterocycles. The molecule has 0 spiro atoms. The second-order valence-corrected chi connectivity index (χ2v) is 2.86. The monoisotopic (exact) mass is 145 g/mol. The lowest BCUT2D eigenvalue weighted by atomic mass is 10.1. The molecule has 0 bridgehead atoms. The largest absolute Gasteiger partial charge is 0.480 e. The zero-order chi connectivity index (χ0) is 8.20. The van der Waals surface area contributed by atoms with Crippen molar-refractivity contribution in [3.8, 4) is 0 Å². The van der Waals surface area contributed by atoms with Crippen LogP contribution in [-0.4, -0.2) is 23.2 Å².